The Morgan fingerprint density at radius 1 is 0.966 bits per heavy atom. The second-order valence-corrected chi connectivity index (χ2v) is 15.7. The van der Waals surface area contributed by atoms with Crippen molar-refractivity contribution >= 4 is 11.8 Å². The second-order valence-electron chi connectivity index (χ2n) is 15.7. The summed E-state index contributed by atoms with van der Waals surface area (Å²) in [6.45, 7) is 8.39. The molecule has 2 aliphatic heterocycles. The number of amides is 2. The van der Waals surface area contributed by atoms with E-state index < -0.39 is 18.0 Å². The summed E-state index contributed by atoms with van der Waals surface area (Å²) < 4.78 is 24.5. The van der Waals surface area contributed by atoms with E-state index in [9.17, 15) is 14.7 Å². The molecule has 3 atom stereocenters. The van der Waals surface area contributed by atoms with Gasteiger partial charge in [0, 0.05) is 31.8 Å². The first-order valence-electron chi connectivity index (χ1n) is 20.0. The third kappa shape index (κ3) is 8.58. The van der Waals surface area contributed by atoms with Crippen LogP contribution in [-0.2, 0) is 24.2 Å². The molecule has 12 heteroatoms. The maximum absolute atomic E-state index is 14.2. The predicted molar refractivity (Wildman–Crippen MR) is 218 cm³/mol. The number of aliphatic hydroxyl groups excluding tert-OH is 1. The number of benzene rings is 3. The van der Waals surface area contributed by atoms with Crippen molar-refractivity contribution in [1.82, 2.24) is 20.2 Å². The van der Waals surface area contributed by atoms with Crippen molar-refractivity contribution < 1.29 is 38.8 Å². The van der Waals surface area contributed by atoms with Gasteiger partial charge in [-0.3, -0.25) is 14.6 Å². The molecule has 2 aromatic heterocycles. The van der Waals surface area contributed by atoms with Crippen molar-refractivity contribution in [2.45, 2.75) is 91.0 Å². The molecule has 0 radical (unpaired) electrons. The average molecular weight is 789 g/mol. The van der Waals surface area contributed by atoms with Crippen LogP contribution in [-0.4, -0.2) is 69.2 Å². The second kappa shape index (κ2) is 17.4. The number of nitrogens with one attached hydrogen (secondary N) is 1. The van der Waals surface area contributed by atoms with Crippen molar-refractivity contribution in [2.75, 3.05) is 19.8 Å². The highest BCUT2D eigenvalue weighted by atomic mass is 16.6. The topological polar surface area (TPSA) is 168 Å². The zero-order chi connectivity index (χ0) is 39.6. The fourth-order valence-corrected chi connectivity index (χ4v) is 8.31. The van der Waals surface area contributed by atoms with Crippen molar-refractivity contribution in [3.8, 4) is 28.4 Å². The summed E-state index contributed by atoms with van der Waals surface area (Å²) in [6.07, 6.45) is 7.19. The molecule has 304 valence electrons. The Hall–Kier alpha value is -5.72. The number of aliphatic hydroxyl groups is 1. The van der Waals surface area contributed by atoms with Crippen LogP contribution in [0.5, 0.6) is 17.2 Å². The Morgan fingerprint density at radius 3 is 2.41 bits per heavy atom. The molecular weight excluding hydrogens is 737 g/mol. The average Bonchev–Trinajstić information content (AvgIpc) is 3.88. The van der Waals surface area contributed by atoms with E-state index in [4.69, 9.17) is 18.6 Å². The fourth-order valence-electron chi connectivity index (χ4n) is 8.31. The van der Waals surface area contributed by atoms with E-state index in [1.165, 1.54) is 25.7 Å². The number of pyridine rings is 1. The lowest BCUT2D eigenvalue weighted by Gasteiger charge is -2.37. The third-order valence-electron chi connectivity index (χ3n) is 11.7. The Balaban J connectivity index is 0.00000512. The van der Waals surface area contributed by atoms with Gasteiger partial charge in [-0.15, -0.1) is 0 Å². The molecule has 4 N–H and O–H groups in total. The van der Waals surface area contributed by atoms with Crippen molar-refractivity contribution in [2.24, 2.45) is 5.92 Å². The zero-order valence-electron chi connectivity index (χ0n) is 33.5. The number of hydrogen-bond acceptors (Lipinski definition) is 9. The maximum atomic E-state index is 14.2. The standard InChI is InChI=1S/C46H50N4O7.H2O/c1-27-28(2)47-18-17-39(27)33-11-9-31(10-12-33)19-37(24-51)49-45(52)40-20-35-21-41-42(22-36(35)23-50(40)46(53)44-29(3)56-30(4)48-44)57-43(26-55-41)34-13-15-38(16-14-34)54-25-32-7-5-6-8-32;/h9-18,21-22,32,37,40,43,51H,5-8,19-20,23-26H2,1-4H3,(H,49,52);1H2/t37-,40-,43+;/m0./s1. The number of fused-ring (bicyclic) bond motifs is 2. The Bertz CT molecular complexity index is 2250. The Labute approximate surface area is 338 Å². The van der Waals surface area contributed by atoms with Gasteiger partial charge in [0.05, 0.1) is 19.3 Å². The first kappa shape index (κ1) is 40.5. The number of rotatable bonds is 11. The largest absolute Gasteiger partial charge is 0.493 e. The molecule has 12 nitrogen and oxygen atoms in total. The van der Waals surface area contributed by atoms with Gasteiger partial charge in [0.2, 0.25) is 5.91 Å². The fraction of sp³-hybridized carbons (Fsp3) is 0.391. The van der Waals surface area contributed by atoms with Gasteiger partial charge in [0.15, 0.2) is 29.2 Å². The highest BCUT2D eigenvalue weighted by Gasteiger charge is 2.39. The van der Waals surface area contributed by atoms with E-state index in [1.54, 1.807) is 18.7 Å². The van der Waals surface area contributed by atoms with E-state index in [-0.39, 0.29) is 42.8 Å². The molecule has 58 heavy (non-hydrogen) atoms. The molecule has 2 amide bonds. The number of aromatic nitrogens is 2. The molecule has 1 fully saturated rings. The molecule has 1 saturated carbocycles. The Kier molecular flexibility index (Phi) is 12.2. The molecule has 0 saturated heterocycles. The van der Waals surface area contributed by atoms with Gasteiger partial charge in [-0.1, -0.05) is 49.2 Å². The molecule has 0 bridgehead atoms. The lowest BCUT2D eigenvalue weighted by molar-refractivity contribution is -0.127. The summed E-state index contributed by atoms with van der Waals surface area (Å²) in [5.41, 5.74) is 8.13. The summed E-state index contributed by atoms with van der Waals surface area (Å²) in [5, 5.41) is 13.5. The molecule has 1 aliphatic carbocycles. The van der Waals surface area contributed by atoms with Gasteiger partial charge in [-0.2, -0.15) is 0 Å². The number of ether oxygens (including phenoxy) is 3. The molecule has 0 spiro atoms. The van der Waals surface area contributed by atoms with Crippen LogP contribution in [0.4, 0.5) is 0 Å². The van der Waals surface area contributed by atoms with Gasteiger partial charge in [-0.25, -0.2) is 4.98 Å². The zero-order valence-corrected chi connectivity index (χ0v) is 33.5. The highest BCUT2D eigenvalue weighted by molar-refractivity contribution is 5.97. The van der Waals surface area contributed by atoms with Crippen LogP contribution in [0.3, 0.4) is 0 Å². The number of carbonyl (C=O) groups excluding carboxylic acids is 2. The van der Waals surface area contributed by atoms with Gasteiger partial charge in [0.25, 0.3) is 5.91 Å². The van der Waals surface area contributed by atoms with Crippen molar-refractivity contribution in [3.05, 3.63) is 124 Å². The quantitative estimate of drug-likeness (QED) is 0.152. The van der Waals surface area contributed by atoms with Crippen LogP contribution in [0.15, 0.2) is 77.3 Å². The lowest BCUT2D eigenvalue weighted by atomic mass is 9.91. The van der Waals surface area contributed by atoms with Gasteiger partial charge >= 0.3 is 0 Å². The number of carbonyl (C=O) groups is 2. The molecule has 5 aromatic rings. The van der Waals surface area contributed by atoms with E-state index in [1.807, 2.05) is 79.9 Å². The molecule has 8 rings (SSSR count). The number of nitrogens with zero attached hydrogens (tertiary/aromatic N) is 3. The first-order valence-corrected chi connectivity index (χ1v) is 20.0. The monoisotopic (exact) mass is 788 g/mol. The predicted octanol–water partition coefficient (Wildman–Crippen LogP) is 6.51. The Morgan fingerprint density at radius 2 is 1.71 bits per heavy atom. The summed E-state index contributed by atoms with van der Waals surface area (Å²) in [5.74, 6) is 2.65. The van der Waals surface area contributed by atoms with Gasteiger partial charge < -0.3 is 39.4 Å². The highest BCUT2D eigenvalue weighted by Crippen LogP contribution is 2.41. The van der Waals surface area contributed by atoms with Crippen molar-refractivity contribution in [1.29, 1.82) is 0 Å². The van der Waals surface area contributed by atoms with Crippen LogP contribution in [0, 0.1) is 33.6 Å². The smallest absolute Gasteiger partial charge is 0.277 e. The van der Waals surface area contributed by atoms with Crippen molar-refractivity contribution in [3.63, 3.8) is 0 Å². The summed E-state index contributed by atoms with van der Waals surface area (Å²) in [4.78, 5) is 38.7. The molecule has 3 aliphatic rings. The minimum atomic E-state index is -0.875. The molecule has 4 heterocycles. The van der Waals surface area contributed by atoms with E-state index in [2.05, 4.69) is 22.2 Å². The normalized spacial score (nSPS) is 17.9. The third-order valence-corrected chi connectivity index (χ3v) is 11.7. The summed E-state index contributed by atoms with van der Waals surface area (Å²) in [7, 11) is 0. The lowest BCUT2D eigenvalue weighted by Crippen LogP contribution is -2.55. The molecule has 0 unspecified atom stereocenters. The van der Waals surface area contributed by atoms with Crippen LogP contribution in [0.2, 0.25) is 0 Å². The summed E-state index contributed by atoms with van der Waals surface area (Å²) >= 11 is 0. The van der Waals surface area contributed by atoms with Crippen LogP contribution in [0.1, 0.15) is 87.4 Å². The van der Waals surface area contributed by atoms with Crippen LogP contribution >= 0.6 is 0 Å². The van der Waals surface area contributed by atoms with E-state index in [0.717, 1.165) is 57.0 Å². The van der Waals surface area contributed by atoms with E-state index >= 15 is 0 Å². The number of oxazole rings is 1. The van der Waals surface area contributed by atoms with Crippen LogP contribution in [0.25, 0.3) is 11.1 Å². The van der Waals surface area contributed by atoms with Crippen LogP contribution < -0.4 is 19.5 Å². The number of aryl methyl sites for hydroxylation is 3. The molecular formula is C46H52N4O8. The summed E-state index contributed by atoms with van der Waals surface area (Å²) in [6, 6.07) is 20.5. The van der Waals surface area contributed by atoms with E-state index in [0.29, 0.717) is 42.1 Å². The SMILES string of the molecule is Cc1nc(C(=O)N2Cc3cc4c(cc3C[C@H]2C(=O)N[C@H](CO)Cc2ccc(-c3ccnc(C)c3C)cc2)OC[C@H](c2ccc(OCC3CCCC3)cc2)O4)c(C)o1.O. The minimum absolute atomic E-state index is 0. The van der Waals surface area contributed by atoms with Gasteiger partial charge in [-0.05, 0) is 115 Å². The van der Waals surface area contributed by atoms with Gasteiger partial charge in [0.1, 0.15) is 24.2 Å². The maximum Gasteiger partial charge on any atom is 0.277 e. The minimum Gasteiger partial charge on any atom is -0.493 e. The molecule has 3 aromatic carbocycles. The number of hydrogen-bond donors (Lipinski definition) is 2. The first-order chi connectivity index (χ1) is 27.6.